The molecule has 2 atom stereocenters. The molecule has 0 aromatic carbocycles. The molecule has 1 aliphatic rings. The smallest absolute Gasteiger partial charge is 0.328 e. The van der Waals surface area contributed by atoms with E-state index in [-0.39, 0.29) is 10.7 Å². The van der Waals surface area contributed by atoms with Crippen LogP contribution >= 0.6 is 10.2 Å². The first-order valence-electron chi connectivity index (χ1n) is 7.25. The molecule has 0 bridgehead atoms. The number of β-lactam (4-membered cyclic amide) rings is 1. The fourth-order valence-corrected chi connectivity index (χ4v) is 4.55. The largest absolute Gasteiger partial charge is 0.480 e. The number of carboxylic acid groups (broad SMARTS) is 1. The second kappa shape index (κ2) is 5.57. The maximum atomic E-state index is 12.6. The van der Waals surface area contributed by atoms with Crippen LogP contribution in [0.15, 0.2) is 24.5 Å². The summed E-state index contributed by atoms with van der Waals surface area (Å²) in [5.74, 6) is -1.43. The van der Waals surface area contributed by atoms with Gasteiger partial charge in [0.1, 0.15) is 0 Å². The Hall–Kier alpha value is -1.56. The van der Waals surface area contributed by atoms with Crippen LogP contribution in [-0.2, 0) is 16.0 Å². The van der Waals surface area contributed by atoms with E-state index in [0.29, 0.717) is 6.42 Å². The zero-order chi connectivity index (χ0) is 16.7. The first-order chi connectivity index (χ1) is 10.1. The zero-order valence-corrected chi connectivity index (χ0v) is 14.6. The SMILES string of the molecule is CC(C)(C)S(C)(C)N1C(=O)[C@H](Cc2ccncc2)[C@H]1C(=O)O. The van der Waals surface area contributed by atoms with Crippen molar-refractivity contribution >= 4 is 22.1 Å². The number of hydrogen-bond acceptors (Lipinski definition) is 3. The average Bonchev–Trinajstić information content (AvgIpc) is 2.40. The normalized spacial score (nSPS) is 23.1. The summed E-state index contributed by atoms with van der Waals surface area (Å²) < 4.78 is 1.50. The number of aromatic nitrogens is 1. The van der Waals surface area contributed by atoms with E-state index in [1.165, 1.54) is 0 Å². The Kier molecular flexibility index (Phi) is 4.26. The van der Waals surface area contributed by atoms with Gasteiger partial charge >= 0.3 is 5.97 Å². The predicted molar refractivity (Wildman–Crippen MR) is 88.9 cm³/mol. The van der Waals surface area contributed by atoms with Crippen LogP contribution < -0.4 is 0 Å². The third kappa shape index (κ3) is 2.72. The van der Waals surface area contributed by atoms with Crippen molar-refractivity contribution in [2.45, 2.75) is 38.0 Å². The molecule has 1 saturated heterocycles. The van der Waals surface area contributed by atoms with E-state index in [0.717, 1.165) is 5.56 Å². The molecule has 1 aromatic heterocycles. The van der Waals surface area contributed by atoms with Gasteiger partial charge in [0.15, 0.2) is 6.04 Å². The number of nitrogens with zero attached hydrogens (tertiary/aromatic N) is 2. The van der Waals surface area contributed by atoms with E-state index >= 15 is 0 Å². The van der Waals surface area contributed by atoms with Crippen molar-refractivity contribution in [3.63, 3.8) is 0 Å². The van der Waals surface area contributed by atoms with Crippen LogP contribution in [0.5, 0.6) is 0 Å². The van der Waals surface area contributed by atoms with Crippen LogP contribution in [0.4, 0.5) is 0 Å². The third-order valence-electron chi connectivity index (χ3n) is 4.62. The lowest BCUT2D eigenvalue weighted by atomic mass is 9.85. The zero-order valence-electron chi connectivity index (χ0n) is 13.7. The molecule has 1 amide bonds. The number of pyridine rings is 1. The molecule has 0 unspecified atom stereocenters. The molecule has 122 valence electrons. The van der Waals surface area contributed by atoms with E-state index in [9.17, 15) is 14.7 Å². The molecule has 5 nitrogen and oxygen atoms in total. The molecule has 6 heteroatoms. The van der Waals surface area contributed by atoms with Crippen LogP contribution in [-0.4, -0.2) is 49.6 Å². The second-order valence-corrected chi connectivity index (χ2v) is 11.2. The van der Waals surface area contributed by atoms with E-state index in [4.69, 9.17) is 0 Å². The van der Waals surface area contributed by atoms with Gasteiger partial charge in [-0.3, -0.25) is 14.1 Å². The molecular formula is C16H24N2O3S. The summed E-state index contributed by atoms with van der Waals surface area (Å²) in [6.45, 7) is 6.18. The molecule has 1 fully saturated rings. The standard InChI is InChI=1S/C16H24N2O3S/c1-16(2,3)22(4,5)18-13(15(20)21)12(14(18)19)10-11-6-8-17-9-7-11/h6-9,12-13H,10H2,1-5H3,(H,20,21)/t12-,13+/m1/s1. The highest BCUT2D eigenvalue weighted by Crippen LogP contribution is 2.61. The Balaban J connectivity index is 2.26. The van der Waals surface area contributed by atoms with Gasteiger partial charge in [-0.25, -0.2) is 4.79 Å². The highest BCUT2D eigenvalue weighted by Gasteiger charge is 2.57. The van der Waals surface area contributed by atoms with Gasteiger partial charge in [0, 0.05) is 17.1 Å². The molecule has 0 aliphatic carbocycles. The third-order valence-corrected chi connectivity index (χ3v) is 9.00. The summed E-state index contributed by atoms with van der Waals surface area (Å²) in [5, 5.41) is 9.61. The van der Waals surface area contributed by atoms with Gasteiger partial charge in [0.25, 0.3) is 0 Å². The Morgan fingerprint density at radius 3 is 2.32 bits per heavy atom. The van der Waals surface area contributed by atoms with Crippen LogP contribution in [0.25, 0.3) is 0 Å². The monoisotopic (exact) mass is 324 g/mol. The molecule has 2 heterocycles. The fourth-order valence-electron chi connectivity index (χ4n) is 2.56. The summed E-state index contributed by atoms with van der Waals surface area (Å²) in [6, 6.07) is 2.93. The van der Waals surface area contributed by atoms with Gasteiger partial charge in [-0.1, -0.05) is 20.8 Å². The Morgan fingerprint density at radius 1 is 1.32 bits per heavy atom. The van der Waals surface area contributed by atoms with Gasteiger partial charge in [0.2, 0.25) is 5.91 Å². The van der Waals surface area contributed by atoms with Crippen molar-refractivity contribution in [3.8, 4) is 0 Å². The average molecular weight is 324 g/mol. The second-order valence-electron chi connectivity index (χ2n) is 7.00. The summed E-state index contributed by atoms with van der Waals surface area (Å²) in [5.41, 5.74) is 0.947. The van der Waals surface area contributed by atoms with E-state index in [1.54, 1.807) is 16.7 Å². The summed E-state index contributed by atoms with van der Waals surface area (Å²) in [6.07, 6.45) is 7.81. The molecule has 0 saturated carbocycles. The summed E-state index contributed by atoms with van der Waals surface area (Å²) in [7, 11) is -1.52. The molecule has 0 radical (unpaired) electrons. The summed E-state index contributed by atoms with van der Waals surface area (Å²) >= 11 is 0. The van der Waals surface area contributed by atoms with Crippen molar-refractivity contribution in [2.75, 3.05) is 12.5 Å². The van der Waals surface area contributed by atoms with Crippen molar-refractivity contribution < 1.29 is 14.7 Å². The van der Waals surface area contributed by atoms with E-state index < -0.39 is 28.1 Å². The lowest BCUT2D eigenvalue weighted by Gasteiger charge is -2.60. The predicted octanol–water partition coefficient (Wildman–Crippen LogP) is 2.31. The summed E-state index contributed by atoms with van der Waals surface area (Å²) in [4.78, 5) is 28.3. The van der Waals surface area contributed by atoms with Crippen LogP contribution in [0.1, 0.15) is 26.3 Å². The minimum absolute atomic E-state index is 0.0425. The topological polar surface area (TPSA) is 70.5 Å². The quantitative estimate of drug-likeness (QED) is 0.863. The Labute approximate surface area is 133 Å². The van der Waals surface area contributed by atoms with Gasteiger partial charge in [-0.05, 0) is 36.6 Å². The first-order valence-corrected chi connectivity index (χ1v) is 9.66. The molecule has 22 heavy (non-hydrogen) atoms. The maximum Gasteiger partial charge on any atom is 0.328 e. The van der Waals surface area contributed by atoms with Crippen LogP contribution in [0.3, 0.4) is 0 Å². The molecular weight excluding hydrogens is 300 g/mol. The molecule has 1 aromatic rings. The number of carbonyl (C=O) groups is 2. The lowest BCUT2D eigenvalue weighted by Crippen LogP contribution is -2.66. The molecule has 0 spiro atoms. The van der Waals surface area contributed by atoms with Crippen molar-refractivity contribution in [1.82, 2.24) is 9.29 Å². The molecule has 1 aliphatic heterocycles. The van der Waals surface area contributed by atoms with Crippen LogP contribution in [0.2, 0.25) is 0 Å². The van der Waals surface area contributed by atoms with Gasteiger partial charge < -0.3 is 5.11 Å². The van der Waals surface area contributed by atoms with Gasteiger partial charge in [-0.15, -0.1) is 0 Å². The Morgan fingerprint density at radius 2 is 1.86 bits per heavy atom. The maximum absolute atomic E-state index is 12.6. The molecule has 2 rings (SSSR count). The van der Waals surface area contributed by atoms with Gasteiger partial charge in [0.05, 0.1) is 5.92 Å². The number of carboxylic acids is 1. The fraction of sp³-hybridized carbons (Fsp3) is 0.562. The number of amides is 1. The molecule has 1 N–H and O–H groups in total. The van der Waals surface area contributed by atoms with Crippen molar-refractivity contribution in [3.05, 3.63) is 30.1 Å². The first kappa shape index (κ1) is 16.8. The highest BCUT2D eigenvalue weighted by molar-refractivity contribution is 8.32. The van der Waals surface area contributed by atoms with Crippen molar-refractivity contribution in [1.29, 1.82) is 0 Å². The minimum atomic E-state index is -1.52. The highest BCUT2D eigenvalue weighted by atomic mass is 32.3. The lowest BCUT2D eigenvalue weighted by molar-refractivity contribution is -0.162. The van der Waals surface area contributed by atoms with Crippen molar-refractivity contribution in [2.24, 2.45) is 5.92 Å². The number of rotatable bonds is 4. The Bertz CT molecular complexity index is 581. The number of aliphatic carboxylic acids is 1. The van der Waals surface area contributed by atoms with Crippen LogP contribution in [0, 0.1) is 5.92 Å². The minimum Gasteiger partial charge on any atom is -0.480 e. The van der Waals surface area contributed by atoms with E-state index in [1.807, 2.05) is 24.6 Å². The van der Waals surface area contributed by atoms with Gasteiger partial charge in [-0.2, -0.15) is 10.2 Å². The number of carbonyl (C=O) groups excluding carboxylic acids is 1. The number of hydrogen-bond donors (Lipinski definition) is 1. The van der Waals surface area contributed by atoms with E-state index in [2.05, 4.69) is 25.8 Å².